The third-order valence-electron chi connectivity index (χ3n) is 4.03. The zero-order valence-corrected chi connectivity index (χ0v) is 18.5. The Kier molecular flexibility index (Phi) is 6.19. The summed E-state index contributed by atoms with van der Waals surface area (Å²) in [5, 5.41) is 12.1. The zero-order valence-electron chi connectivity index (χ0n) is 15.3. The van der Waals surface area contributed by atoms with Gasteiger partial charge in [-0.05, 0) is 43.3 Å². The Morgan fingerprint density at radius 3 is 2.16 bits per heavy atom. The van der Waals surface area contributed by atoms with Gasteiger partial charge in [0.15, 0.2) is 6.04 Å². The number of hydrogen-bond donors (Lipinski definition) is 2. The van der Waals surface area contributed by atoms with E-state index in [1.54, 1.807) is 0 Å². The molecule has 0 bridgehead atoms. The number of nitrogens with zero attached hydrogens (tertiary/aromatic N) is 4. The Morgan fingerprint density at radius 1 is 1.00 bits per heavy atom. The fraction of sp³-hybridized carbons (Fsp3) is 0.125. The molecule has 0 saturated carbocycles. The number of anilines is 1. The molecule has 1 amide bonds. The number of rotatable bonds is 5. The van der Waals surface area contributed by atoms with Crippen LogP contribution in [0.25, 0.3) is 0 Å². The zero-order chi connectivity index (χ0) is 23.1. The van der Waals surface area contributed by atoms with E-state index < -0.39 is 37.1 Å². The summed E-state index contributed by atoms with van der Waals surface area (Å²) in [6.45, 7) is 1.51. The van der Waals surface area contributed by atoms with E-state index in [0.717, 1.165) is 29.3 Å². The van der Waals surface area contributed by atoms with Gasteiger partial charge in [-0.3, -0.25) is 13.9 Å². The van der Waals surface area contributed by atoms with Crippen molar-refractivity contribution in [3.63, 3.8) is 0 Å². The quantitative estimate of drug-likeness (QED) is 0.462. The molecule has 31 heavy (non-hydrogen) atoms. The van der Waals surface area contributed by atoms with Crippen LogP contribution in [0.2, 0.25) is 10.0 Å². The van der Waals surface area contributed by atoms with Crippen molar-refractivity contribution >= 4 is 66.4 Å². The van der Waals surface area contributed by atoms with Gasteiger partial charge < -0.3 is 0 Å². The second kappa shape index (κ2) is 8.26. The van der Waals surface area contributed by atoms with Crippen molar-refractivity contribution in [1.82, 2.24) is 0 Å². The van der Waals surface area contributed by atoms with Crippen LogP contribution in [0.1, 0.15) is 6.92 Å². The van der Waals surface area contributed by atoms with Gasteiger partial charge in [-0.2, -0.15) is 37.2 Å². The second-order valence-electron chi connectivity index (χ2n) is 6.19. The molecule has 2 aromatic carbocycles. The fourth-order valence-electron chi connectivity index (χ4n) is 2.55. The van der Waals surface area contributed by atoms with Gasteiger partial charge in [0, 0.05) is 0 Å². The summed E-state index contributed by atoms with van der Waals surface area (Å²) in [5.41, 5.74) is 0.429. The van der Waals surface area contributed by atoms with E-state index in [9.17, 15) is 26.2 Å². The number of hydrogen-bond acceptors (Lipinski definition) is 8. The Morgan fingerprint density at radius 2 is 1.61 bits per heavy atom. The van der Waals surface area contributed by atoms with E-state index in [4.69, 9.17) is 27.8 Å². The van der Waals surface area contributed by atoms with E-state index in [1.165, 1.54) is 19.1 Å². The average molecular weight is 507 g/mol. The van der Waals surface area contributed by atoms with Crippen LogP contribution in [-0.2, 0) is 25.0 Å². The lowest BCUT2D eigenvalue weighted by molar-refractivity contribution is -0.117. The first-order valence-corrected chi connectivity index (χ1v) is 11.8. The summed E-state index contributed by atoms with van der Waals surface area (Å²) in [6, 6.07) is 5.62. The summed E-state index contributed by atoms with van der Waals surface area (Å²) in [6.07, 6.45) is 0. The van der Waals surface area contributed by atoms with Crippen molar-refractivity contribution in [2.45, 2.75) is 22.8 Å². The number of benzene rings is 2. The summed E-state index contributed by atoms with van der Waals surface area (Å²) >= 11 is 11.9. The normalized spacial score (nSPS) is 17.5. The molecule has 0 radical (unpaired) electrons. The number of azo groups is 1. The minimum atomic E-state index is -4.63. The van der Waals surface area contributed by atoms with Crippen molar-refractivity contribution in [3.8, 4) is 0 Å². The highest BCUT2D eigenvalue weighted by atomic mass is 35.5. The van der Waals surface area contributed by atoms with Crippen LogP contribution < -0.4 is 5.01 Å². The van der Waals surface area contributed by atoms with Gasteiger partial charge >= 0.3 is 0 Å². The fourth-order valence-corrected chi connectivity index (χ4v) is 4.36. The Bertz CT molecular complexity index is 1340. The highest BCUT2D eigenvalue weighted by Gasteiger charge is 2.36. The lowest BCUT2D eigenvalue weighted by Crippen LogP contribution is -2.30. The Labute approximate surface area is 186 Å². The lowest BCUT2D eigenvalue weighted by atomic mass is 10.2. The molecule has 15 heteroatoms. The largest absolute Gasteiger partial charge is 0.296 e. The van der Waals surface area contributed by atoms with Crippen LogP contribution in [0.5, 0.6) is 0 Å². The van der Waals surface area contributed by atoms with Gasteiger partial charge in [0.1, 0.15) is 4.90 Å². The molecule has 0 saturated heterocycles. The van der Waals surface area contributed by atoms with Gasteiger partial charge in [-0.1, -0.05) is 23.2 Å². The predicted molar refractivity (Wildman–Crippen MR) is 111 cm³/mol. The third-order valence-corrected chi connectivity index (χ3v) is 6.52. The highest BCUT2D eigenvalue weighted by molar-refractivity contribution is 7.86. The topological polar surface area (TPSA) is 166 Å². The van der Waals surface area contributed by atoms with Crippen molar-refractivity contribution < 1.29 is 30.7 Å². The molecule has 1 heterocycles. The van der Waals surface area contributed by atoms with Gasteiger partial charge in [0.05, 0.1) is 32.0 Å². The monoisotopic (exact) mass is 506 g/mol. The molecule has 3 rings (SSSR count). The smallest absolute Gasteiger partial charge is 0.282 e. The SMILES string of the molecule is CC1=NN(c2cc(Cl)c(S(=O)(=O)O)cc2Cl)C(=O)C1N=Nc1ccc(S(=O)(=O)O)cc1. The van der Waals surface area contributed by atoms with Crippen molar-refractivity contribution in [2.24, 2.45) is 15.3 Å². The molecule has 2 N–H and O–H groups in total. The van der Waals surface area contributed by atoms with Crippen molar-refractivity contribution in [1.29, 1.82) is 0 Å². The summed E-state index contributed by atoms with van der Waals surface area (Å²) in [5.74, 6) is -0.659. The van der Waals surface area contributed by atoms with Crippen LogP contribution in [-0.4, -0.2) is 43.6 Å². The standard InChI is InChI=1S/C16H12Cl2N4O7S2/c1-8-15(20-19-9-2-4-10(5-3-9)30(24,25)26)16(23)22(21-8)13-6-12(18)14(7-11(13)17)31(27,28)29/h2-7,15H,1H3,(H,24,25,26)(H,27,28,29). The van der Waals surface area contributed by atoms with Crippen LogP contribution in [0.15, 0.2) is 61.5 Å². The van der Waals surface area contributed by atoms with Gasteiger partial charge in [-0.15, -0.1) is 0 Å². The van der Waals surface area contributed by atoms with E-state index in [-0.39, 0.29) is 32.0 Å². The van der Waals surface area contributed by atoms with Crippen molar-refractivity contribution in [2.75, 3.05) is 5.01 Å². The molecule has 0 spiro atoms. The molecular weight excluding hydrogens is 495 g/mol. The average Bonchev–Trinajstić information content (AvgIpc) is 2.94. The van der Waals surface area contributed by atoms with E-state index >= 15 is 0 Å². The van der Waals surface area contributed by atoms with E-state index in [0.29, 0.717) is 0 Å². The molecule has 0 fully saturated rings. The molecule has 1 aliphatic rings. The summed E-state index contributed by atoms with van der Waals surface area (Å²) in [4.78, 5) is 11.8. The van der Waals surface area contributed by atoms with E-state index in [2.05, 4.69) is 15.3 Å². The van der Waals surface area contributed by atoms with Crippen LogP contribution in [0, 0.1) is 0 Å². The van der Waals surface area contributed by atoms with Crippen LogP contribution in [0.3, 0.4) is 0 Å². The third kappa shape index (κ3) is 4.92. The first kappa shape index (κ1) is 23.2. The summed E-state index contributed by atoms with van der Waals surface area (Å²) < 4.78 is 62.9. The molecule has 0 aliphatic carbocycles. The number of carbonyl (C=O) groups is 1. The maximum Gasteiger partial charge on any atom is 0.296 e. The predicted octanol–water partition coefficient (Wildman–Crippen LogP) is 3.36. The number of carbonyl (C=O) groups excluding carboxylic acids is 1. The molecule has 11 nitrogen and oxygen atoms in total. The van der Waals surface area contributed by atoms with Crippen LogP contribution in [0.4, 0.5) is 11.4 Å². The first-order chi connectivity index (χ1) is 14.3. The number of amides is 1. The molecule has 2 aromatic rings. The second-order valence-corrected chi connectivity index (χ2v) is 9.81. The minimum Gasteiger partial charge on any atom is -0.282 e. The molecule has 1 unspecified atom stereocenters. The number of hydrazone groups is 1. The molecule has 1 aliphatic heterocycles. The minimum absolute atomic E-state index is 0.0291. The van der Waals surface area contributed by atoms with Crippen LogP contribution >= 0.6 is 23.2 Å². The van der Waals surface area contributed by atoms with Gasteiger partial charge in [-0.25, -0.2) is 0 Å². The molecular formula is C16H12Cl2N4O7S2. The lowest BCUT2D eigenvalue weighted by Gasteiger charge is -2.15. The van der Waals surface area contributed by atoms with Crippen molar-refractivity contribution in [3.05, 3.63) is 46.4 Å². The number of halogens is 2. The maximum absolute atomic E-state index is 12.7. The molecule has 0 aromatic heterocycles. The van der Waals surface area contributed by atoms with Gasteiger partial charge in [0.2, 0.25) is 0 Å². The molecule has 164 valence electrons. The maximum atomic E-state index is 12.7. The highest BCUT2D eigenvalue weighted by Crippen LogP contribution is 2.36. The van der Waals surface area contributed by atoms with Gasteiger partial charge in [0.25, 0.3) is 26.1 Å². The summed E-state index contributed by atoms with van der Waals surface area (Å²) in [7, 11) is -8.98. The Balaban J connectivity index is 1.87. The molecule has 1 atom stereocenters. The first-order valence-electron chi connectivity index (χ1n) is 8.13. The van der Waals surface area contributed by atoms with E-state index in [1.807, 2.05) is 0 Å². The Hall–Kier alpha value is -2.42.